The fraction of sp³-hybridized carbons (Fsp3) is 0.514. The average molecular weight is 722 g/mol. The van der Waals surface area contributed by atoms with Crippen LogP contribution in [0.1, 0.15) is 78.2 Å². The topological polar surface area (TPSA) is 136 Å². The second-order valence-corrected chi connectivity index (χ2v) is 16.6. The van der Waals surface area contributed by atoms with Crippen LogP contribution < -0.4 is 14.4 Å². The molecule has 1 fully saturated rings. The van der Waals surface area contributed by atoms with E-state index in [4.69, 9.17) is 25.5 Å². The highest BCUT2D eigenvalue weighted by Crippen LogP contribution is 2.47. The van der Waals surface area contributed by atoms with Crippen molar-refractivity contribution in [2.24, 2.45) is 16.2 Å². The van der Waals surface area contributed by atoms with Gasteiger partial charge in [0.05, 0.1) is 24.2 Å². The molecule has 3 heterocycles. The number of hydrogen-bond acceptors (Lipinski definition) is 9. The van der Waals surface area contributed by atoms with E-state index in [1.807, 2.05) is 18.2 Å². The maximum Gasteiger partial charge on any atom is 0.286 e. The molecule has 1 N–H and O–H groups in total. The van der Waals surface area contributed by atoms with Gasteiger partial charge in [-0.2, -0.15) is 0 Å². The Morgan fingerprint density at radius 3 is 2.84 bits per heavy atom. The van der Waals surface area contributed by atoms with Gasteiger partial charge in [0.1, 0.15) is 15.7 Å². The lowest BCUT2D eigenvalue weighted by atomic mass is 9.68. The lowest BCUT2D eigenvalue weighted by Crippen LogP contribution is -2.49. The number of aryl methyl sites for hydroxylation is 3. The molecule has 2 amide bonds. The molecule has 7 rings (SSSR count). The Morgan fingerprint density at radius 2 is 2.06 bits per heavy atom. The van der Waals surface area contributed by atoms with Crippen molar-refractivity contribution in [2.45, 2.75) is 76.2 Å². The van der Waals surface area contributed by atoms with E-state index in [2.05, 4.69) is 48.5 Å². The Balaban J connectivity index is 1.24. The van der Waals surface area contributed by atoms with Gasteiger partial charge in [-0.05, 0) is 98.2 Å². The van der Waals surface area contributed by atoms with E-state index in [-0.39, 0.29) is 30.1 Å². The summed E-state index contributed by atoms with van der Waals surface area (Å²) in [5.74, 6) is 1.00. The molecular weight excluding hydrogens is 678 g/mol. The van der Waals surface area contributed by atoms with Crippen LogP contribution in [0.3, 0.4) is 0 Å². The summed E-state index contributed by atoms with van der Waals surface area (Å²) in [5, 5.41) is 8.45. The molecule has 1 unspecified atom stereocenters. The predicted molar refractivity (Wildman–Crippen MR) is 191 cm³/mol. The third-order valence-electron chi connectivity index (χ3n) is 10.7. The van der Waals surface area contributed by atoms with Crippen LogP contribution in [0.15, 0.2) is 57.3 Å². The van der Waals surface area contributed by atoms with Gasteiger partial charge in [-0.1, -0.05) is 29.8 Å². The van der Waals surface area contributed by atoms with Crippen LogP contribution in [0.25, 0.3) is 0 Å². The molecule has 1 saturated carbocycles. The molecule has 13 heteroatoms. The van der Waals surface area contributed by atoms with Gasteiger partial charge in [0.15, 0.2) is 0 Å². The summed E-state index contributed by atoms with van der Waals surface area (Å²) in [5.41, 5.74) is 3.38. The number of hydrogen-bond donors (Lipinski definition) is 1. The molecule has 5 atom stereocenters. The lowest BCUT2D eigenvalue weighted by molar-refractivity contribution is -0.119. The van der Waals surface area contributed by atoms with Gasteiger partial charge < -0.3 is 18.8 Å². The predicted octanol–water partition coefficient (Wildman–Crippen LogP) is 6.17. The molecule has 3 aromatic rings. The van der Waals surface area contributed by atoms with Gasteiger partial charge in [-0.3, -0.25) is 14.3 Å². The fourth-order valence-electron chi connectivity index (χ4n) is 8.00. The van der Waals surface area contributed by atoms with Crippen molar-refractivity contribution < 1.29 is 27.7 Å². The van der Waals surface area contributed by atoms with Crippen molar-refractivity contribution >= 4 is 39.0 Å². The number of nitrogens with one attached hydrogen (secondary N) is 1. The van der Waals surface area contributed by atoms with Gasteiger partial charge >= 0.3 is 0 Å². The number of rotatable bonds is 5. The maximum atomic E-state index is 14.2. The third-order valence-corrected chi connectivity index (χ3v) is 12.7. The van der Waals surface area contributed by atoms with Crippen molar-refractivity contribution in [1.29, 1.82) is 0 Å². The summed E-state index contributed by atoms with van der Waals surface area (Å²) in [6, 6.07) is 11.5. The molecule has 0 saturated heterocycles. The molecule has 11 nitrogen and oxygen atoms in total. The first kappa shape index (κ1) is 34.7. The lowest BCUT2D eigenvalue weighted by Gasteiger charge is -2.46. The number of carbonyl (C=O) groups excluding carboxylic acids is 2. The van der Waals surface area contributed by atoms with E-state index in [1.54, 1.807) is 20.1 Å². The molecule has 4 aliphatic rings. The monoisotopic (exact) mass is 721 g/mol. The van der Waals surface area contributed by atoms with Gasteiger partial charge in [-0.25, -0.2) is 4.21 Å². The molecule has 2 aliphatic heterocycles. The number of anilines is 1. The minimum Gasteiger partial charge on any atom is -0.490 e. The Labute approximate surface area is 298 Å². The molecule has 2 bridgehead atoms. The normalized spacial score (nSPS) is 28.7. The molecule has 2 aromatic carbocycles. The van der Waals surface area contributed by atoms with E-state index < -0.39 is 21.7 Å². The SMILES string of the molecule is CO[C@H]1/C=C/CCCS(=O)(NC(=O)CCc2nnc(C)o2)=NC(=O)c2ccc3c(c2)N(C[C@@H]2CC[C@H]21)C[C@@]1(CCCc2cc(Cl)ccc21)CO3. The Hall–Kier alpha value is -3.74. The number of methoxy groups -OCH3 is 1. The second-order valence-electron chi connectivity index (χ2n) is 14.0. The van der Waals surface area contributed by atoms with E-state index >= 15 is 0 Å². The zero-order chi connectivity index (χ0) is 34.9. The summed E-state index contributed by atoms with van der Waals surface area (Å²) in [6.45, 7) is 3.66. The third kappa shape index (κ3) is 7.34. The first-order valence-electron chi connectivity index (χ1n) is 17.5. The second kappa shape index (κ2) is 14.5. The Bertz CT molecular complexity index is 1920. The molecule has 266 valence electrons. The Morgan fingerprint density at radius 1 is 1.18 bits per heavy atom. The minimum atomic E-state index is -3.45. The number of carbonyl (C=O) groups is 2. The van der Waals surface area contributed by atoms with Crippen molar-refractivity contribution in [2.75, 3.05) is 37.5 Å². The number of fused-ring (bicyclic) bond motifs is 4. The zero-order valence-electron chi connectivity index (χ0n) is 28.6. The fourth-order valence-corrected chi connectivity index (χ4v) is 9.82. The number of amides is 2. The van der Waals surface area contributed by atoms with Crippen LogP contribution in [0.5, 0.6) is 5.75 Å². The summed E-state index contributed by atoms with van der Waals surface area (Å²) in [6.07, 6.45) is 10.4. The zero-order valence-corrected chi connectivity index (χ0v) is 30.1. The highest BCUT2D eigenvalue weighted by molar-refractivity contribution is 7.92. The average Bonchev–Trinajstić information content (AvgIpc) is 3.44. The highest BCUT2D eigenvalue weighted by Gasteiger charge is 2.44. The first-order chi connectivity index (χ1) is 24.1. The van der Waals surface area contributed by atoms with Crippen LogP contribution >= 0.6 is 11.6 Å². The van der Waals surface area contributed by atoms with Crippen molar-refractivity contribution in [3.63, 3.8) is 0 Å². The largest absolute Gasteiger partial charge is 0.490 e. The standard InChI is InChI=1S/C37H44ClN5O6S/c1-24-39-40-35(49-24)16-15-34(44)41-50(46)18-5-3-4-8-32(47-2)29-12-9-27(29)21-43-22-37(17-6-7-25-19-28(38)11-13-30(25)37)23-48-33-14-10-26(20-31(33)43)36(45)42-50/h4,8,10-11,13-14,19-20,27,29,32H,3,5-7,9,12,15-18,21-23H2,1-2H3,(H,41,42,44,45,46)/b8-4+/t27-,29+,32-,37-,50?/m0/s1. The van der Waals surface area contributed by atoms with E-state index in [0.29, 0.717) is 60.9 Å². The van der Waals surface area contributed by atoms with Crippen molar-refractivity contribution in [3.05, 3.63) is 82.0 Å². The number of halogens is 1. The molecule has 50 heavy (non-hydrogen) atoms. The number of ether oxygens (including phenoxy) is 2. The van der Waals surface area contributed by atoms with Crippen LogP contribution in [0.2, 0.25) is 5.02 Å². The van der Waals surface area contributed by atoms with Gasteiger partial charge in [-0.15, -0.1) is 14.6 Å². The molecule has 0 radical (unpaired) electrons. The molecule has 1 spiro atoms. The van der Waals surface area contributed by atoms with Crippen LogP contribution in [0, 0.1) is 18.8 Å². The van der Waals surface area contributed by atoms with Crippen LogP contribution in [0.4, 0.5) is 5.69 Å². The van der Waals surface area contributed by atoms with Crippen molar-refractivity contribution in [1.82, 2.24) is 14.9 Å². The number of aromatic nitrogens is 2. The quantitative estimate of drug-likeness (QED) is 0.307. The molecule has 1 aromatic heterocycles. The number of benzene rings is 2. The van der Waals surface area contributed by atoms with Gasteiger partial charge in [0.2, 0.25) is 17.7 Å². The van der Waals surface area contributed by atoms with E-state index in [1.165, 1.54) is 11.1 Å². The minimum absolute atomic E-state index is 0.0182. The first-order valence-corrected chi connectivity index (χ1v) is 19.6. The molecule has 2 aliphatic carbocycles. The van der Waals surface area contributed by atoms with Crippen LogP contribution in [-0.2, 0) is 37.7 Å². The van der Waals surface area contributed by atoms with Crippen LogP contribution in [-0.4, -0.2) is 64.9 Å². The van der Waals surface area contributed by atoms with Gasteiger partial charge in [0.25, 0.3) is 5.91 Å². The smallest absolute Gasteiger partial charge is 0.286 e. The number of nitrogens with zero attached hydrogens (tertiary/aromatic N) is 4. The van der Waals surface area contributed by atoms with E-state index in [9.17, 15) is 13.8 Å². The molecular formula is C37H44ClN5O6S. The van der Waals surface area contributed by atoms with Gasteiger partial charge in [0, 0.05) is 56.0 Å². The maximum absolute atomic E-state index is 14.2. The summed E-state index contributed by atoms with van der Waals surface area (Å²) >= 11 is 6.44. The number of allylic oxidation sites excluding steroid dienone is 1. The highest BCUT2D eigenvalue weighted by atomic mass is 35.5. The summed E-state index contributed by atoms with van der Waals surface area (Å²) < 4.78 is 39.0. The Kier molecular flexibility index (Phi) is 10.0. The van der Waals surface area contributed by atoms with E-state index in [0.717, 1.165) is 49.4 Å². The summed E-state index contributed by atoms with van der Waals surface area (Å²) in [7, 11) is -1.70. The summed E-state index contributed by atoms with van der Waals surface area (Å²) in [4.78, 5) is 29.2. The van der Waals surface area contributed by atoms with Crippen molar-refractivity contribution in [3.8, 4) is 5.75 Å².